The topological polar surface area (TPSA) is 96.9 Å². The largest absolute Gasteiger partial charge is 0.487 e. The Kier molecular flexibility index (Phi) is 5.51. The molecule has 3 unspecified atom stereocenters. The zero-order chi connectivity index (χ0) is 15.4. The molecule has 116 valence electrons. The molecule has 3 atom stereocenters. The molecule has 21 heavy (non-hydrogen) atoms. The molecule has 1 aliphatic rings. The van der Waals surface area contributed by atoms with Gasteiger partial charge in [-0.05, 0) is 6.07 Å². The predicted molar refractivity (Wildman–Crippen MR) is 79.4 cm³/mol. The van der Waals surface area contributed by atoms with Crippen molar-refractivity contribution < 1.29 is 19.1 Å². The molecule has 1 saturated carbocycles. The highest BCUT2D eigenvalue weighted by Crippen LogP contribution is 2.31. The Morgan fingerprint density at radius 2 is 2.19 bits per heavy atom. The number of hydrogen-bond donors (Lipinski definition) is 1. The van der Waals surface area contributed by atoms with Crippen molar-refractivity contribution in [3.8, 4) is 5.75 Å². The van der Waals surface area contributed by atoms with Crippen molar-refractivity contribution in [1.29, 1.82) is 0 Å². The van der Waals surface area contributed by atoms with E-state index in [-0.39, 0.29) is 23.9 Å². The molecule has 1 aliphatic carbocycles. The molecular formula is C13H17BrN2O5. The van der Waals surface area contributed by atoms with Gasteiger partial charge in [-0.1, -0.05) is 15.9 Å². The van der Waals surface area contributed by atoms with Crippen LogP contribution in [-0.4, -0.2) is 43.5 Å². The van der Waals surface area contributed by atoms with Crippen molar-refractivity contribution in [1.82, 2.24) is 0 Å². The van der Waals surface area contributed by atoms with Gasteiger partial charge < -0.3 is 19.9 Å². The van der Waals surface area contributed by atoms with Crippen LogP contribution in [0.5, 0.6) is 5.75 Å². The fourth-order valence-corrected chi connectivity index (χ4v) is 2.59. The van der Waals surface area contributed by atoms with Crippen LogP contribution in [0.4, 0.5) is 5.69 Å². The van der Waals surface area contributed by atoms with Gasteiger partial charge in [0, 0.05) is 30.1 Å². The van der Waals surface area contributed by atoms with Gasteiger partial charge in [0.25, 0.3) is 5.69 Å². The normalized spacial score (nSPS) is 24.4. The first-order chi connectivity index (χ1) is 10.0. The van der Waals surface area contributed by atoms with Crippen LogP contribution in [0.25, 0.3) is 0 Å². The van der Waals surface area contributed by atoms with Crippen molar-refractivity contribution in [2.75, 3.05) is 20.3 Å². The van der Waals surface area contributed by atoms with E-state index in [0.717, 1.165) is 0 Å². The summed E-state index contributed by atoms with van der Waals surface area (Å²) in [7, 11) is 1.60. The van der Waals surface area contributed by atoms with Crippen LogP contribution >= 0.6 is 15.9 Å². The summed E-state index contributed by atoms with van der Waals surface area (Å²) in [5.74, 6) is 0.424. The van der Waals surface area contributed by atoms with Gasteiger partial charge in [-0.25, -0.2) is 0 Å². The van der Waals surface area contributed by atoms with Gasteiger partial charge in [0.2, 0.25) is 0 Å². The minimum absolute atomic E-state index is 0.0279. The van der Waals surface area contributed by atoms with E-state index in [0.29, 0.717) is 29.9 Å². The highest BCUT2D eigenvalue weighted by Gasteiger charge is 2.41. The number of nitrogens with two attached hydrogens (primary N) is 1. The first-order valence-electron chi connectivity index (χ1n) is 6.49. The monoisotopic (exact) mass is 360 g/mol. The maximum Gasteiger partial charge on any atom is 0.274 e. The lowest BCUT2D eigenvalue weighted by atomic mass is 9.86. The van der Waals surface area contributed by atoms with E-state index in [4.69, 9.17) is 19.9 Å². The minimum atomic E-state index is -0.462. The molecule has 0 saturated heterocycles. The molecule has 0 heterocycles. The Morgan fingerprint density at radius 1 is 1.43 bits per heavy atom. The number of halogens is 1. The maximum atomic E-state index is 10.8. The van der Waals surface area contributed by atoms with Crippen LogP contribution in [0.15, 0.2) is 22.7 Å². The number of rotatable bonds is 7. The summed E-state index contributed by atoms with van der Waals surface area (Å²) >= 11 is 3.23. The smallest absolute Gasteiger partial charge is 0.274 e. The summed E-state index contributed by atoms with van der Waals surface area (Å²) < 4.78 is 16.9. The third-order valence-electron chi connectivity index (χ3n) is 3.24. The number of ether oxygens (including phenoxy) is 3. The van der Waals surface area contributed by atoms with Gasteiger partial charge in [-0.3, -0.25) is 10.1 Å². The second-order valence-electron chi connectivity index (χ2n) is 4.79. The predicted octanol–water partition coefficient (Wildman–Crippen LogP) is 1.87. The van der Waals surface area contributed by atoms with E-state index in [1.165, 1.54) is 12.1 Å². The number of nitro groups is 1. The summed E-state index contributed by atoms with van der Waals surface area (Å²) in [5, 5.41) is 10.8. The SMILES string of the molecule is COCCOC1C(N)CC1Oc1cc(Br)cc([N+](=O)[O-])c1. The lowest BCUT2D eigenvalue weighted by Gasteiger charge is -2.41. The van der Waals surface area contributed by atoms with E-state index >= 15 is 0 Å². The average molecular weight is 361 g/mol. The molecule has 0 amide bonds. The van der Waals surface area contributed by atoms with Gasteiger partial charge >= 0.3 is 0 Å². The van der Waals surface area contributed by atoms with E-state index < -0.39 is 4.92 Å². The van der Waals surface area contributed by atoms with Crippen LogP contribution in [0.3, 0.4) is 0 Å². The molecule has 1 aromatic rings. The second-order valence-corrected chi connectivity index (χ2v) is 5.70. The summed E-state index contributed by atoms with van der Waals surface area (Å²) in [5.41, 5.74) is 5.87. The Hall–Kier alpha value is -1.22. The number of nitrogens with zero attached hydrogens (tertiary/aromatic N) is 1. The van der Waals surface area contributed by atoms with E-state index in [1.807, 2.05) is 0 Å². The van der Waals surface area contributed by atoms with E-state index in [1.54, 1.807) is 13.2 Å². The van der Waals surface area contributed by atoms with Crippen molar-refractivity contribution in [3.05, 3.63) is 32.8 Å². The molecule has 0 radical (unpaired) electrons. The zero-order valence-corrected chi connectivity index (χ0v) is 13.1. The fourth-order valence-electron chi connectivity index (χ4n) is 2.13. The lowest BCUT2D eigenvalue weighted by Crippen LogP contribution is -2.59. The molecule has 7 nitrogen and oxygen atoms in total. The maximum absolute atomic E-state index is 10.8. The number of nitro benzene ring substituents is 1. The van der Waals surface area contributed by atoms with Crippen molar-refractivity contribution >= 4 is 21.6 Å². The molecule has 2 N–H and O–H groups in total. The van der Waals surface area contributed by atoms with Crippen LogP contribution in [0.2, 0.25) is 0 Å². The van der Waals surface area contributed by atoms with Crippen LogP contribution in [0, 0.1) is 10.1 Å². The van der Waals surface area contributed by atoms with Crippen LogP contribution in [-0.2, 0) is 9.47 Å². The number of methoxy groups -OCH3 is 1. The van der Waals surface area contributed by atoms with Crippen LogP contribution < -0.4 is 10.5 Å². The molecule has 0 bridgehead atoms. The summed E-state index contributed by atoms with van der Waals surface area (Å²) in [4.78, 5) is 10.4. The first-order valence-corrected chi connectivity index (χ1v) is 7.28. The average Bonchev–Trinajstić information content (AvgIpc) is 2.42. The molecular weight excluding hydrogens is 344 g/mol. The number of hydrogen-bond acceptors (Lipinski definition) is 6. The summed E-state index contributed by atoms with van der Waals surface area (Å²) in [6.45, 7) is 0.922. The van der Waals surface area contributed by atoms with Gasteiger partial charge in [0.1, 0.15) is 18.0 Å². The van der Waals surface area contributed by atoms with E-state index in [9.17, 15) is 10.1 Å². The highest BCUT2D eigenvalue weighted by molar-refractivity contribution is 9.10. The summed E-state index contributed by atoms with van der Waals surface area (Å²) in [6, 6.07) is 4.41. The lowest BCUT2D eigenvalue weighted by molar-refractivity contribution is -0.385. The van der Waals surface area contributed by atoms with Crippen molar-refractivity contribution in [2.45, 2.75) is 24.7 Å². The Morgan fingerprint density at radius 3 is 2.81 bits per heavy atom. The fraction of sp³-hybridized carbons (Fsp3) is 0.538. The van der Waals surface area contributed by atoms with Gasteiger partial charge in [0.05, 0.1) is 24.2 Å². The molecule has 0 spiro atoms. The molecule has 1 aromatic carbocycles. The van der Waals surface area contributed by atoms with Gasteiger partial charge in [-0.2, -0.15) is 0 Å². The second kappa shape index (κ2) is 7.17. The molecule has 0 aromatic heterocycles. The molecule has 0 aliphatic heterocycles. The Bertz CT molecular complexity index is 513. The Labute approximate surface area is 130 Å². The third kappa shape index (κ3) is 4.13. The molecule has 2 rings (SSSR count). The van der Waals surface area contributed by atoms with Crippen molar-refractivity contribution in [3.63, 3.8) is 0 Å². The quantitative estimate of drug-likeness (QED) is 0.452. The van der Waals surface area contributed by atoms with Gasteiger partial charge in [0.15, 0.2) is 0 Å². The van der Waals surface area contributed by atoms with E-state index in [2.05, 4.69) is 15.9 Å². The Balaban J connectivity index is 1.99. The third-order valence-corrected chi connectivity index (χ3v) is 3.70. The zero-order valence-electron chi connectivity index (χ0n) is 11.5. The highest BCUT2D eigenvalue weighted by atomic mass is 79.9. The molecule has 1 fully saturated rings. The minimum Gasteiger partial charge on any atom is -0.487 e. The molecule has 8 heteroatoms. The van der Waals surface area contributed by atoms with Crippen LogP contribution in [0.1, 0.15) is 6.42 Å². The standard InChI is InChI=1S/C13H17BrN2O5/c1-19-2-3-20-13-11(15)7-12(13)21-10-5-8(14)4-9(6-10)16(17)18/h4-6,11-13H,2-3,7,15H2,1H3. The van der Waals surface area contributed by atoms with Gasteiger partial charge in [-0.15, -0.1) is 0 Å². The number of non-ortho nitro benzene ring substituents is 1. The summed E-state index contributed by atoms with van der Waals surface area (Å²) in [6.07, 6.45) is 0.224. The number of benzene rings is 1. The first kappa shape index (κ1) is 16.2. The van der Waals surface area contributed by atoms with Crippen molar-refractivity contribution in [2.24, 2.45) is 5.73 Å².